The molecule has 0 saturated carbocycles. The number of ether oxygens (including phenoxy) is 1. The zero-order chi connectivity index (χ0) is 14.7. The first kappa shape index (κ1) is 18.7. The molecule has 0 heterocycles. The smallest absolute Gasteiger partial charge is 0.372 e. The Hall–Kier alpha value is -0.290. The highest BCUT2D eigenvalue weighted by atomic mass is 19.4. The van der Waals surface area contributed by atoms with Gasteiger partial charge in [-0.25, -0.2) is 0 Å². The number of halogens is 3. The van der Waals surface area contributed by atoms with Crippen LogP contribution in [-0.2, 0) is 4.74 Å². The average Bonchev–Trinajstić information content (AvgIpc) is 2.30. The minimum Gasteiger partial charge on any atom is -0.372 e. The lowest BCUT2D eigenvalue weighted by atomic mass is 9.95. The SMILES string of the molecule is CCCNC(CCOCC(F)(F)F)CC(C)CCC. The molecule has 0 aliphatic rings. The number of hydrogen-bond donors (Lipinski definition) is 1. The third kappa shape index (κ3) is 12.5. The van der Waals surface area contributed by atoms with Crippen LogP contribution in [0.1, 0.15) is 52.9 Å². The fourth-order valence-corrected chi connectivity index (χ4v) is 2.16. The van der Waals surface area contributed by atoms with Crippen molar-refractivity contribution in [1.29, 1.82) is 0 Å². The summed E-state index contributed by atoms with van der Waals surface area (Å²) in [4.78, 5) is 0. The van der Waals surface area contributed by atoms with Crippen molar-refractivity contribution in [2.45, 2.75) is 65.1 Å². The van der Waals surface area contributed by atoms with E-state index in [1.54, 1.807) is 0 Å². The molecule has 2 atom stereocenters. The molecule has 0 radical (unpaired) electrons. The van der Waals surface area contributed by atoms with Crippen molar-refractivity contribution in [1.82, 2.24) is 5.32 Å². The third-order valence-corrected chi connectivity index (χ3v) is 3.03. The fraction of sp³-hybridized carbons (Fsp3) is 1.00. The Morgan fingerprint density at radius 1 is 1.11 bits per heavy atom. The first-order valence-electron chi connectivity index (χ1n) is 7.26. The van der Waals surface area contributed by atoms with Gasteiger partial charge in [-0.3, -0.25) is 0 Å². The standard InChI is InChI=1S/C14H28F3NO/c1-4-6-12(3)10-13(18-8-5-2)7-9-19-11-14(15,16)17/h12-13,18H,4-11H2,1-3H3. The highest BCUT2D eigenvalue weighted by Crippen LogP contribution is 2.17. The molecule has 0 saturated heterocycles. The zero-order valence-electron chi connectivity index (χ0n) is 12.4. The molecular formula is C14H28F3NO. The summed E-state index contributed by atoms with van der Waals surface area (Å²) in [6, 6.07) is 0.259. The van der Waals surface area contributed by atoms with E-state index in [1.165, 1.54) is 0 Å². The van der Waals surface area contributed by atoms with Gasteiger partial charge in [-0.15, -0.1) is 0 Å². The summed E-state index contributed by atoms with van der Waals surface area (Å²) in [6.45, 7) is 6.36. The first-order chi connectivity index (χ1) is 8.89. The molecular weight excluding hydrogens is 255 g/mol. The Kier molecular flexibility index (Phi) is 10.3. The van der Waals surface area contributed by atoms with Crippen LogP contribution >= 0.6 is 0 Å². The second kappa shape index (κ2) is 10.5. The van der Waals surface area contributed by atoms with Crippen molar-refractivity contribution in [3.63, 3.8) is 0 Å². The van der Waals surface area contributed by atoms with Gasteiger partial charge in [0.05, 0.1) is 0 Å². The Morgan fingerprint density at radius 2 is 1.79 bits per heavy atom. The average molecular weight is 283 g/mol. The number of alkyl halides is 3. The minimum atomic E-state index is -4.22. The Labute approximate surface area is 115 Å². The Balaban J connectivity index is 3.91. The van der Waals surface area contributed by atoms with Gasteiger partial charge in [0.25, 0.3) is 0 Å². The van der Waals surface area contributed by atoms with E-state index in [0.29, 0.717) is 12.3 Å². The van der Waals surface area contributed by atoms with Crippen LogP contribution in [0.4, 0.5) is 13.2 Å². The summed E-state index contributed by atoms with van der Waals surface area (Å²) in [5.74, 6) is 0.599. The van der Waals surface area contributed by atoms with Crippen molar-refractivity contribution < 1.29 is 17.9 Å². The second-order valence-corrected chi connectivity index (χ2v) is 5.24. The van der Waals surface area contributed by atoms with Crippen LogP contribution < -0.4 is 5.32 Å². The van der Waals surface area contributed by atoms with Gasteiger partial charge in [0.1, 0.15) is 6.61 Å². The van der Waals surface area contributed by atoms with Crippen molar-refractivity contribution >= 4 is 0 Å². The predicted octanol–water partition coefficient (Wildman–Crippen LogP) is 4.15. The topological polar surface area (TPSA) is 21.3 Å². The number of hydrogen-bond acceptors (Lipinski definition) is 2. The van der Waals surface area contributed by atoms with Crippen LogP contribution in [-0.4, -0.2) is 32.0 Å². The van der Waals surface area contributed by atoms with Gasteiger partial charge >= 0.3 is 6.18 Å². The summed E-state index contributed by atoms with van der Waals surface area (Å²) < 4.78 is 40.5. The van der Waals surface area contributed by atoms with E-state index in [0.717, 1.165) is 32.2 Å². The zero-order valence-corrected chi connectivity index (χ0v) is 12.4. The highest BCUT2D eigenvalue weighted by molar-refractivity contribution is 4.70. The molecule has 19 heavy (non-hydrogen) atoms. The van der Waals surface area contributed by atoms with Gasteiger partial charge in [0.15, 0.2) is 0 Å². The molecule has 116 valence electrons. The monoisotopic (exact) mass is 283 g/mol. The molecule has 1 N–H and O–H groups in total. The second-order valence-electron chi connectivity index (χ2n) is 5.24. The highest BCUT2D eigenvalue weighted by Gasteiger charge is 2.27. The lowest BCUT2D eigenvalue weighted by molar-refractivity contribution is -0.174. The Bertz CT molecular complexity index is 209. The van der Waals surface area contributed by atoms with Crippen LogP contribution in [0, 0.1) is 5.92 Å². The molecule has 0 rings (SSSR count). The van der Waals surface area contributed by atoms with Crippen molar-refractivity contribution in [3.8, 4) is 0 Å². The third-order valence-electron chi connectivity index (χ3n) is 3.03. The van der Waals surface area contributed by atoms with E-state index in [2.05, 4.69) is 30.8 Å². The number of nitrogens with one attached hydrogen (secondary N) is 1. The molecule has 5 heteroatoms. The van der Waals surface area contributed by atoms with Crippen molar-refractivity contribution in [2.24, 2.45) is 5.92 Å². The normalized spacial score (nSPS) is 15.5. The fourth-order valence-electron chi connectivity index (χ4n) is 2.16. The maximum absolute atomic E-state index is 12.0. The molecule has 0 aliphatic carbocycles. The van der Waals surface area contributed by atoms with E-state index >= 15 is 0 Å². The van der Waals surface area contributed by atoms with Crippen molar-refractivity contribution in [2.75, 3.05) is 19.8 Å². The summed E-state index contributed by atoms with van der Waals surface area (Å²) in [5, 5.41) is 3.40. The quantitative estimate of drug-likeness (QED) is 0.575. The maximum Gasteiger partial charge on any atom is 0.411 e. The van der Waals surface area contributed by atoms with Gasteiger partial charge in [-0.1, -0.05) is 33.6 Å². The summed E-state index contributed by atoms with van der Waals surface area (Å²) in [5.41, 5.74) is 0. The van der Waals surface area contributed by atoms with Gasteiger partial charge in [-0.05, 0) is 31.7 Å². The molecule has 0 fully saturated rings. The van der Waals surface area contributed by atoms with Crippen LogP contribution in [0.3, 0.4) is 0 Å². The minimum absolute atomic E-state index is 0.166. The van der Waals surface area contributed by atoms with Crippen LogP contribution in [0.5, 0.6) is 0 Å². The van der Waals surface area contributed by atoms with Crippen LogP contribution in [0.25, 0.3) is 0 Å². The van der Waals surface area contributed by atoms with E-state index in [4.69, 9.17) is 0 Å². The molecule has 0 aromatic rings. The van der Waals surface area contributed by atoms with E-state index in [-0.39, 0.29) is 12.6 Å². The summed E-state index contributed by atoms with van der Waals surface area (Å²) >= 11 is 0. The largest absolute Gasteiger partial charge is 0.411 e. The molecule has 0 aliphatic heterocycles. The molecule has 2 nitrogen and oxygen atoms in total. The first-order valence-corrected chi connectivity index (χ1v) is 7.26. The summed E-state index contributed by atoms with van der Waals surface area (Å²) in [6.07, 6.45) is 0.761. The van der Waals surface area contributed by atoms with Gasteiger partial charge in [0, 0.05) is 12.6 Å². The number of rotatable bonds is 11. The molecule has 0 amide bonds. The Morgan fingerprint density at radius 3 is 2.32 bits per heavy atom. The molecule has 0 bridgehead atoms. The lowest BCUT2D eigenvalue weighted by Gasteiger charge is -2.22. The van der Waals surface area contributed by atoms with E-state index < -0.39 is 12.8 Å². The predicted molar refractivity (Wildman–Crippen MR) is 72.3 cm³/mol. The van der Waals surface area contributed by atoms with Crippen molar-refractivity contribution in [3.05, 3.63) is 0 Å². The molecule has 0 aromatic carbocycles. The lowest BCUT2D eigenvalue weighted by Crippen LogP contribution is -2.33. The van der Waals surface area contributed by atoms with E-state index in [9.17, 15) is 13.2 Å². The molecule has 0 aromatic heterocycles. The van der Waals surface area contributed by atoms with Gasteiger partial charge in [0.2, 0.25) is 0 Å². The molecule has 2 unspecified atom stereocenters. The van der Waals surface area contributed by atoms with E-state index in [1.807, 2.05) is 0 Å². The maximum atomic E-state index is 12.0. The van der Waals surface area contributed by atoms with Gasteiger partial charge in [-0.2, -0.15) is 13.2 Å². The molecule has 0 spiro atoms. The van der Waals surface area contributed by atoms with Crippen LogP contribution in [0.2, 0.25) is 0 Å². The van der Waals surface area contributed by atoms with Crippen LogP contribution in [0.15, 0.2) is 0 Å². The summed E-state index contributed by atoms with van der Waals surface area (Å²) in [7, 11) is 0. The van der Waals surface area contributed by atoms with Gasteiger partial charge < -0.3 is 10.1 Å².